The molecule has 0 unspecified atom stereocenters. The van der Waals surface area contributed by atoms with Gasteiger partial charge in [0.2, 0.25) is 0 Å². The van der Waals surface area contributed by atoms with E-state index in [0.29, 0.717) is 17.9 Å². The second-order valence-corrected chi connectivity index (χ2v) is 5.37. The van der Waals surface area contributed by atoms with E-state index in [1.54, 1.807) is 0 Å². The number of rotatable bonds is 3. The maximum Gasteiger partial charge on any atom is 0.305 e. The Morgan fingerprint density at radius 1 is 1.23 bits per heavy atom. The molecule has 2 N–H and O–H groups in total. The molecule has 0 aliphatic heterocycles. The molecule has 1 aromatic rings. The zero-order valence-corrected chi connectivity index (χ0v) is 14.2. The minimum atomic E-state index is -0.208. The number of methoxy groups -OCH3 is 1. The molecule has 0 amide bonds. The summed E-state index contributed by atoms with van der Waals surface area (Å²) >= 11 is 5.90. The first-order chi connectivity index (χ1) is 10.6. The Labute approximate surface area is 138 Å². The van der Waals surface area contributed by atoms with Crippen LogP contribution in [0.4, 0.5) is 0 Å². The van der Waals surface area contributed by atoms with Gasteiger partial charge >= 0.3 is 5.97 Å². The fourth-order valence-corrected chi connectivity index (χ4v) is 2.35. The van der Waals surface area contributed by atoms with Gasteiger partial charge in [0.05, 0.1) is 13.2 Å². The number of esters is 1. The lowest BCUT2D eigenvalue weighted by atomic mass is 9.98. The van der Waals surface area contributed by atoms with Crippen LogP contribution in [0.2, 0.25) is 5.02 Å². The minimum absolute atomic E-state index is 0.0359. The number of carbonyl (C=O) groups excluding carboxylic acids is 1. The standard InChI is InChI=1S/C10H11ClO2.C6H12O.CH4O/c1-13-10(12)7-6-8-4-2-3-5-9(8)11;7-6-4-2-1-3-5-6;1-2/h2-5H,6-7H2,1H3;6-7H,1-5H2;2H,1H3. The van der Waals surface area contributed by atoms with E-state index in [4.69, 9.17) is 21.8 Å². The molecule has 22 heavy (non-hydrogen) atoms. The fourth-order valence-electron chi connectivity index (χ4n) is 2.12. The zero-order chi connectivity index (χ0) is 16.8. The molecule has 0 spiro atoms. The van der Waals surface area contributed by atoms with Gasteiger partial charge in [-0.1, -0.05) is 49.1 Å². The van der Waals surface area contributed by atoms with E-state index in [2.05, 4.69) is 4.74 Å². The van der Waals surface area contributed by atoms with Crippen LogP contribution in [-0.4, -0.2) is 36.5 Å². The van der Waals surface area contributed by atoms with E-state index in [1.165, 1.54) is 26.4 Å². The molecule has 0 saturated heterocycles. The largest absolute Gasteiger partial charge is 0.469 e. The molecule has 0 heterocycles. The SMILES string of the molecule is CO.COC(=O)CCc1ccccc1Cl.OC1CCCCC1. The molecule has 0 aromatic heterocycles. The molecule has 0 radical (unpaired) electrons. The summed E-state index contributed by atoms with van der Waals surface area (Å²) in [6.45, 7) is 0. The van der Waals surface area contributed by atoms with Crippen LogP contribution in [0.1, 0.15) is 44.1 Å². The maximum atomic E-state index is 10.8. The van der Waals surface area contributed by atoms with Gasteiger partial charge in [0.1, 0.15) is 0 Å². The Balaban J connectivity index is 0.000000412. The van der Waals surface area contributed by atoms with E-state index in [-0.39, 0.29) is 12.1 Å². The maximum absolute atomic E-state index is 10.8. The van der Waals surface area contributed by atoms with Crippen molar-refractivity contribution in [3.63, 3.8) is 0 Å². The molecule has 0 bridgehead atoms. The van der Waals surface area contributed by atoms with Gasteiger partial charge in [-0.15, -0.1) is 0 Å². The molecule has 126 valence electrons. The van der Waals surface area contributed by atoms with Crippen LogP contribution in [0.3, 0.4) is 0 Å². The molecule has 5 heteroatoms. The van der Waals surface area contributed by atoms with Crippen LogP contribution < -0.4 is 0 Å². The third-order valence-electron chi connectivity index (χ3n) is 3.36. The van der Waals surface area contributed by atoms with Gasteiger partial charge in [0.25, 0.3) is 0 Å². The highest BCUT2D eigenvalue weighted by molar-refractivity contribution is 6.31. The first-order valence-corrected chi connectivity index (χ1v) is 7.94. The Morgan fingerprint density at radius 3 is 2.27 bits per heavy atom. The quantitative estimate of drug-likeness (QED) is 0.834. The lowest BCUT2D eigenvalue weighted by molar-refractivity contribution is -0.140. The Kier molecular flexibility index (Phi) is 12.9. The highest BCUT2D eigenvalue weighted by Crippen LogP contribution is 2.17. The van der Waals surface area contributed by atoms with Crippen molar-refractivity contribution in [1.29, 1.82) is 0 Å². The third-order valence-corrected chi connectivity index (χ3v) is 3.73. The molecular formula is C17H27ClO4. The first kappa shape index (κ1) is 20.9. The highest BCUT2D eigenvalue weighted by Gasteiger charge is 2.07. The molecule has 1 fully saturated rings. The number of hydrogen-bond donors (Lipinski definition) is 2. The summed E-state index contributed by atoms with van der Waals surface area (Å²) in [4.78, 5) is 10.8. The molecule has 1 aliphatic carbocycles. The second kappa shape index (κ2) is 13.6. The van der Waals surface area contributed by atoms with Crippen LogP contribution in [-0.2, 0) is 16.0 Å². The van der Waals surface area contributed by atoms with Crippen LogP contribution in [0.25, 0.3) is 0 Å². The van der Waals surface area contributed by atoms with Gasteiger partial charge in [-0.05, 0) is 30.9 Å². The summed E-state index contributed by atoms with van der Waals surface area (Å²) in [5.41, 5.74) is 0.981. The number of benzene rings is 1. The van der Waals surface area contributed by atoms with Crippen molar-refractivity contribution in [2.24, 2.45) is 0 Å². The van der Waals surface area contributed by atoms with E-state index in [1.807, 2.05) is 24.3 Å². The van der Waals surface area contributed by atoms with Crippen LogP contribution >= 0.6 is 11.6 Å². The van der Waals surface area contributed by atoms with Gasteiger partial charge < -0.3 is 14.9 Å². The number of ether oxygens (including phenoxy) is 1. The fraction of sp³-hybridized carbons (Fsp3) is 0.588. The van der Waals surface area contributed by atoms with Gasteiger partial charge in [-0.2, -0.15) is 0 Å². The Morgan fingerprint density at radius 2 is 1.82 bits per heavy atom. The van der Waals surface area contributed by atoms with Gasteiger partial charge in [-0.25, -0.2) is 0 Å². The molecule has 0 atom stereocenters. The summed E-state index contributed by atoms with van der Waals surface area (Å²) in [6.07, 6.45) is 6.93. The van der Waals surface area contributed by atoms with E-state index in [0.717, 1.165) is 25.5 Å². The van der Waals surface area contributed by atoms with Gasteiger partial charge in [0.15, 0.2) is 0 Å². The topological polar surface area (TPSA) is 66.8 Å². The molecule has 1 aliphatic rings. The Bertz CT molecular complexity index is 403. The van der Waals surface area contributed by atoms with Crippen molar-refractivity contribution >= 4 is 17.6 Å². The monoisotopic (exact) mass is 330 g/mol. The van der Waals surface area contributed by atoms with Crippen molar-refractivity contribution in [3.05, 3.63) is 34.9 Å². The molecule has 4 nitrogen and oxygen atoms in total. The summed E-state index contributed by atoms with van der Waals surface area (Å²) in [6, 6.07) is 7.49. The number of carbonyl (C=O) groups is 1. The summed E-state index contributed by atoms with van der Waals surface area (Å²) in [7, 11) is 2.38. The van der Waals surface area contributed by atoms with Crippen molar-refractivity contribution in [1.82, 2.24) is 0 Å². The van der Waals surface area contributed by atoms with Crippen LogP contribution in [0, 0.1) is 0 Å². The average Bonchev–Trinajstić information content (AvgIpc) is 2.57. The number of halogens is 1. The zero-order valence-electron chi connectivity index (χ0n) is 13.4. The van der Waals surface area contributed by atoms with Crippen molar-refractivity contribution in [2.45, 2.75) is 51.0 Å². The molecule has 1 aromatic carbocycles. The van der Waals surface area contributed by atoms with Crippen molar-refractivity contribution in [2.75, 3.05) is 14.2 Å². The third kappa shape index (κ3) is 9.77. The molecular weight excluding hydrogens is 304 g/mol. The van der Waals surface area contributed by atoms with Crippen molar-refractivity contribution < 1.29 is 19.7 Å². The number of aliphatic hydroxyl groups excluding tert-OH is 2. The smallest absolute Gasteiger partial charge is 0.305 e. The lowest BCUT2D eigenvalue weighted by Crippen LogP contribution is -2.09. The predicted molar refractivity (Wildman–Crippen MR) is 89.0 cm³/mol. The minimum Gasteiger partial charge on any atom is -0.469 e. The van der Waals surface area contributed by atoms with Crippen LogP contribution in [0.5, 0.6) is 0 Å². The normalized spacial score (nSPS) is 14.0. The average molecular weight is 331 g/mol. The second-order valence-electron chi connectivity index (χ2n) is 4.96. The summed E-state index contributed by atoms with van der Waals surface area (Å²) in [5.74, 6) is -0.208. The lowest BCUT2D eigenvalue weighted by Gasteiger charge is -2.14. The first-order valence-electron chi connectivity index (χ1n) is 7.56. The summed E-state index contributed by atoms with van der Waals surface area (Å²) in [5, 5.41) is 16.6. The number of hydrogen-bond acceptors (Lipinski definition) is 4. The number of aryl methyl sites for hydroxylation is 1. The highest BCUT2D eigenvalue weighted by atomic mass is 35.5. The van der Waals surface area contributed by atoms with Gasteiger partial charge in [-0.3, -0.25) is 4.79 Å². The van der Waals surface area contributed by atoms with E-state index >= 15 is 0 Å². The van der Waals surface area contributed by atoms with E-state index < -0.39 is 0 Å². The van der Waals surface area contributed by atoms with Gasteiger partial charge in [0, 0.05) is 18.6 Å². The number of aliphatic hydroxyl groups is 2. The molecule has 2 rings (SSSR count). The summed E-state index contributed by atoms with van der Waals surface area (Å²) < 4.78 is 4.53. The Hall–Kier alpha value is -1.10. The van der Waals surface area contributed by atoms with E-state index in [9.17, 15) is 4.79 Å². The molecule has 1 saturated carbocycles. The van der Waals surface area contributed by atoms with Crippen LogP contribution in [0.15, 0.2) is 24.3 Å². The van der Waals surface area contributed by atoms with Crippen molar-refractivity contribution in [3.8, 4) is 0 Å². The predicted octanol–water partition coefficient (Wildman–Crippen LogP) is 3.37.